The Morgan fingerprint density at radius 1 is 1.24 bits per heavy atom. The van der Waals surface area contributed by atoms with Crippen LogP contribution in [0.15, 0.2) is 41.3 Å². The van der Waals surface area contributed by atoms with Gasteiger partial charge in [-0.05, 0) is 30.4 Å². The van der Waals surface area contributed by atoms with Crippen LogP contribution in [0.1, 0.15) is 24.8 Å². The molecule has 1 aromatic rings. The van der Waals surface area contributed by atoms with E-state index in [2.05, 4.69) is 17.5 Å². The van der Waals surface area contributed by atoms with Crippen molar-refractivity contribution in [1.29, 1.82) is 0 Å². The van der Waals surface area contributed by atoms with Gasteiger partial charge in [-0.25, -0.2) is 8.42 Å². The Bertz CT molecular complexity index is 739. The predicted molar refractivity (Wildman–Crippen MR) is 94.3 cm³/mol. The average molecular weight is 364 g/mol. The number of nitrogens with zero attached hydrogens (tertiary/aromatic N) is 1. The van der Waals surface area contributed by atoms with Gasteiger partial charge in [0.2, 0.25) is 15.9 Å². The molecule has 25 heavy (non-hydrogen) atoms. The first-order chi connectivity index (χ1) is 12.1. The van der Waals surface area contributed by atoms with Crippen LogP contribution in [0.5, 0.6) is 0 Å². The van der Waals surface area contributed by atoms with E-state index in [1.165, 1.54) is 4.31 Å². The summed E-state index contributed by atoms with van der Waals surface area (Å²) in [4.78, 5) is 12.4. The van der Waals surface area contributed by atoms with E-state index in [1.54, 1.807) is 24.3 Å². The van der Waals surface area contributed by atoms with Crippen LogP contribution in [0.3, 0.4) is 0 Å². The molecule has 1 fully saturated rings. The lowest BCUT2D eigenvalue weighted by Gasteiger charge is -2.27. The molecule has 1 N–H and O–H groups in total. The van der Waals surface area contributed by atoms with Crippen LogP contribution in [0, 0.1) is 5.92 Å². The summed E-state index contributed by atoms with van der Waals surface area (Å²) >= 11 is 0. The van der Waals surface area contributed by atoms with Crippen LogP contribution in [-0.4, -0.2) is 44.9 Å². The van der Waals surface area contributed by atoms with Crippen molar-refractivity contribution < 1.29 is 17.9 Å². The number of morpholine rings is 1. The monoisotopic (exact) mass is 364 g/mol. The van der Waals surface area contributed by atoms with E-state index in [-0.39, 0.29) is 17.3 Å². The Kier molecular flexibility index (Phi) is 5.88. The summed E-state index contributed by atoms with van der Waals surface area (Å²) in [7, 11) is -3.57. The zero-order valence-electron chi connectivity index (χ0n) is 14.2. The fraction of sp³-hybridized carbons (Fsp3) is 0.500. The summed E-state index contributed by atoms with van der Waals surface area (Å²) in [6.07, 6.45) is 6.67. The molecule has 1 aliphatic heterocycles. The highest BCUT2D eigenvalue weighted by molar-refractivity contribution is 7.89. The summed E-state index contributed by atoms with van der Waals surface area (Å²) in [5.41, 5.74) is 0.615. The third-order valence-electron chi connectivity index (χ3n) is 4.60. The summed E-state index contributed by atoms with van der Waals surface area (Å²) < 4.78 is 32.4. The number of amides is 1. The number of nitrogens with one attached hydrogen (secondary N) is 1. The van der Waals surface area contributed by atoms with E-state index in [1.807, 2.05) is 0 Å². The van der Waals surface area contributed by atoms with Gasteiger partial charge in [-0.3, -0.25) is 4.79 Å². The Morgan fingerprint density at radius 3 is 2.72 bits per heavy atom. The first-order valence-electron chi connectivity index (χ1n) is 8.66. The van der Waals surface area contributed by atoms with Gasteiger partial charge >= 0.3 is 0 Å². The predicted octanol–water partition coefficient (Wildman–Crippen LogP) is 1.68. The molecule has 1 atom stereocenters. The number of hydrogen-bond donors (Lipinski definition) is 1. The van der Waals surface area contributed by atoms with E-state index >= 15 is 0 Å². The molecule has 0 saturated carbocycles. The Hall–Kier alpha value is -1.70. The van der Waals surface area contributed by atoms with Gasteiger partial charge < -0.3 is 10.1 Å². The standard InChI is InChI=1S/C18H24N2O4S/c21-18(13-15-5-1-2-6-15)19-14-16-7-3-4-8-17(16)25(22,23)20-9-11-24-12-10-20/h1,3-5,7-8,15H,2,6,9-14H2,(H,19,21)/t15-/m0/s1. The van der Waals surface area contributed by atoms with Crippen molar-refractivity contribution >= 4 is 15.9 Å². The lowest BCUT2D eigenvalue weighted by atomic mass is 10.1. The Balaban J connectivity index is 1.68. The largest absolute Gasteiger partial charge is 0.379 e. The molecule has 1 heterocycles. The summed E-state index contributed by atoms with van der Waals surface area (Å²) in [5, 5.41) is 2.86. The molecule has 1 amide bonds. The van der Waals surface area contributed by atoms with Crippen LogP contribution >= 0.6 is 0 Å². The second-order valence-corrected chi connectivity index (χ2v) is 8.28. The smallest absolute Gasteiger partial charge is 0.243 e. The van der Waals surface area contributed by atoms with Gasteiger partial charge in [0.05, 0.1) is 18.1 Å². The van der Waals surface area contributed by atoms with Crippen LogP contribution in [-0.2, 0) is 26.1 Å². The van der Waals surface area contributed by atoms with Gasteiger partial charge in [-0.2, -0.15) is 4.31 Å². The lowest BCUT2D eigenvalue weighted by molar-refractivity contribution is -0.121. The molecular formula is C18H24N2O4S. The Labute approximate surface area is 148 Å². The minimum absolute atomic E-state index is 0.0462. The van der Waals surface area contributed by atoms with Gasteiger partial charge in [0.25, 0.3) is 0 Å². The zero-order valence-corrected chi connectivity index (χ0v) is 15.0. The molecule has 0 unspecified atom stereocenters. The first-order valence-corrected chi connectivity index (χ1v) is 10.1. The van der Waals surface area contributed by atoms with Crippen molar-refractivity contribution in [2.75, 3.05) is 26.3 Å². The van der Waals surface area contributed by atoms with E-state index < -0.39 is 10.0 Å². The molecule has 0 spiro atoms. The maximum atomic E-state index is 12.9. The maximum Gasteiger partial charge on any atom is 0.243 e. The topological polar surface area (TPSA) is 75.7 Å². The van der Waals surface area contributed by atoms with Crippen LogP contribution < -0.4 is 5.32 Å². The van der Waals surface area contributed by atoms with E-state index in [0.717, 1.165) is 12.8 Å². The summed E-state index contributed by atoms with van der Waals surface area (Å²) in [6, 6.07) is 6.86. The molecule has 0 radical (unpaired) electrons. The molecule has 0 aromatic heterocycles. The van der Waals surface area contributed by atoms with Crippen molar-refractivity contribution in [3.63, 3.8) is 0 Å². The fourth-order valence-electron chi connectivity index (χ4n) is 3.20. The summed E-state index contributed by atoms with van der Waals surface area (Å²) in [5.74, 6) is 0.252. The fourth-order valence-corrected chi connectivity index (χ4v) is 4.83. The molecule has 2 aliphatic rings. The third kappa shape index (κ3) is 4.48. The Morgan fingerprint density at radius 2 is 2.00 bits per heavy atom. The average Bonchev–Trinajstić information content (AvgIpc) is 3.14. The first kappa shape index (κ1) is 18.1. The van der Waals surface area contributed by atoms with Crippen molar-refractivity contribution in [3.05, 3.63) is 42.0 Å². The van der Waals surface area contributed by atoms with Crippen molar-refractivity contribution in [1.82, 2.24) is 9.62 Å². The second kappa shape index (κ2) is 8.12. The van der Waals surface area contributed by atoms with Crippen LogP contribution in [0.25, 0.3) is 0 Å². The quantitative estimate of drug-likeness (QED) is 0.779. The highest BCUT2D eigenvalue weighted by Gasteiger charge is 2.28. The van der Waals surface area contributed by atoms with Crippen LogP contribution in [0.2, 0.25) is 0 Å². The number of carbonyl (C=O) groups is 1. The van der Waals surface area contributed by atoms with Gasteiger partial charge in [0.1, 0.15) is 0 Å². The van der Waals surface area contributed by atoms with Gasteiger partial charge in [-0.15, -0.1) is 0 Å². The number of ether oxygens (including phenoxy) is 1. The number of carbonyl (C=O) groups excluding carboxylic acids is 1. The molecule has 6 nitrogen and oxygen atoms in total. The third-order valence-corrected chi connectivity index (χ3v) is 6.60. The molecule has 0 bridgehead atoms. The molecule has 7 heteroatoms. The highest BCUT2D eigenvalue weighted by atomic mass is 32.2. The van der Waals surface area contributed by atoms with Crippen LogP contribution in [0.4, 0.5) is 0 Å². The van der Waals surface area contributed by atoms with E-state index in [9.17, 15) is 13.2 Å². The number of sulfonamides is 1. The van der Waals surface area contributed by atoms with Crippen molar-refractivity contribution in [3.8, 4) is 0 Å². The second-order valence-electron chi connectivity index (χ2n) is 6.37. The van der Waals surface area contributed by atoms with Gasteiger partial charge in [-0.1, -0.05) is 30.4 Å². The molecular weight excluding hydrogens is 340 g/mol. The maximum absolute atomic E-state index is 12.9. The molecule has 1 saturated heterocycles. The number of benzene rings is 1. The highest BCUT2D eigenvalue weighted by Crippen LogP contribution is 2.22. The SMILES string of the molecule is O=C(C[C@H]1C=CCC1)NCc1ccccc1S(=O)(=O)N1CCOCC1. The summed E-state index contributed by atoms with van der Waals surface area (Å²) in [6.45, 7) is 1.75. The van der Waals surface area contributed by atoms with E-state index in [4.69, 9.17) is 4.74 Å². The minimum atomic E-state index is -3.57. The molecule has 1 aromatic carbocycles. The number of allylic oxidation sites excluding steroid dienone is 2. The molecule has 136 valence electrons. The number of hydrogen-bond acceptors (Lipinski definition) is 4. The van der Waals surface area contributed by atoms with E-state index in [0.29, 0.717) is 44.2 Å². The minimum Gasteiger partial charge on any atom is -0.379 e. The molecule has 3 rings (SSSR count). The van der Waals surface area contributed by atoms with Crippen molar-refractivity contribution in [2.24, 2.45) is 5.92 Å². The molecule has 1 aliphatic carbocycles. The lowest BCUT2D eigenvalue weighted by Crippen LogP contribution is -2.41. The van der Waals surface area contributed by atoms with Crippen molar-refractivity contribution in [2.45, 2.75) is 30.7 Å². The number of rotatable bonds is 6. The van der Waals surface area contributed by atoms with Gasteiger partial charge in [0, 0.05) is 26.1 Å². The van der Waals surface area contributed by atoms with Gasteiger partial charge in [0.15, 0.2) is 0 Å². The zero-order chi connectivity index (χ0) is 17.7. The normalized spacial score (nSPS) is 21.4.